The van der Waals surface area contributed by atoms with Gasteiger partial charge in [-0.2, -0.15) is 0 Å². The first-order chi connectivity index (χ1) is 13.3. The number of carbonyl (C=O) groups excluding carboxylic acids is 2. The molecule has 1 saturated heterocycles. The summed E-state index contributed by atoms with van der Waals surface area (Å²) in [4.78, 5) is 29.3. The quantitative estimate of drug-likeness (QED) is 0.323. The van der Waals surface area contributed by atoms with Gasteiger partial charge < -0.3 is 14.2 Å². The van der Waals surface area contributed by atoms with Crippen LogP contribution in [0.25, 0.3) is 0 Å². The van der Waals surface area contributed by atoms with E-state index in [-0.39, 0.29) is 5.04 Å². The van der Waals surface area contributed by atoms with Gasteiger partial charge in [0.1, 0.15) is 11.4 Å². The number of nitrogens with zero attached hydrogens (tertiary/aromatic N) is 1. The van der Waals surface area contributed by atoms with Crippen molar-refractivity contribution in [3.8, 4) is 11.5 Å². The fourth-order valence-electron chi connectivity index (χ4n) is 2.69. The van der Waals surface area contributed by atoms with Crippen LogP contribution in [0, 0.1) is 12.8 Å². The normalized spacial score (nSPS) is 17.1. The molecule has 0 bridgehead atoms. The summed E-state index contributed by atoms with van der Waals surface area (Å²) in [6.07, 6.45) is 1.74. The van der Waals surface area contributed by atoms with Crippen molar-refractivity contribution < 1.29 is 23.8 Å². The van der Waals surface area contributed by atoms with Crippen molar-refractivity contribution in [2.24, 2.45) is 10.9 Å². The first kappa shape index (κ1) is 19.9. The van der Waals surface area contributed by atoms with Crippen molar-refractivity contribution in [3.05, 3.63) is 54.1 Å². The molecule has 2 aromatic rings. The minimum absolute atomic E-state index is 0.284. The number of aliphatic imine (C=N–C) groups is 1. The lowest BCUT2D eigenvalue weighted by molar-refractivity contribution is -0.235. The van der Waals surface area contributed by atoms with Crippen molar-refractivity contribution in [1.82, 2.24) is 0 Å². The van der Waals surface area contributed by atoms with Crippen LogP contribution in [-0.2, 0) is 19.1 Å². The number of hydrogen-bond donors (Lipinski definition) is 0. The number of rotatable bonds is 4. The van der Waals surface area contributed by atoms with Gasteiger partial charge in [-0.05, 0) is 36.9 Å². The van der Waals surface area contributed by atoms with E-state index in [1.54, 1.807) is 18.4 Å². The molecular formula is C21H21NO5S. The maximum Gasteiger partial charge on any atom is 0.330 e. The van der Waals surface area contributed by atoms with Crippen molar-refractivity contribution in [2.45, 2.75) is 26.6 Å². The fourth-order valence-corrected chi connectivity index (χ4v) is 3.31. The molecule has 1 aliphatic rings. The maximum atomic E-state index is 12.4. The lowest BCUT2D eigenvalue weighted by Crippen LogP contribution is -2.48. The van der Waals surface area contributed by atoms with Crippen LogP contribution in [0.4, 0.5) is 5.69 Å². The Hall–Kier alpha value is -2.80. The van der Waals surface area contributed by atoms with Gasteiger partial charge in [0.15, 0.2) is 5.75 Å². The van der Waals surface area contributed by atoms with Gasteiger partial charge in [-0.1, -0.05) is 30.3 Å². The molecule has 0 unspecified atom stereocenters. The first-order valence-corrected chi connectivity index (χ1v) is 9.94. The molecule has 28 heavy (non-hydrogen) atoms. The Kier molecular flexibility index (Phi) is 5.74. The van der Waals surface area contributed by atoms with E-state index in [0.29, 0.717) is 17.2 Å². The molecule has 0 aliphatic carbocycles. The molecule has 7 heteroatoms. The van der Waals surface area contributed by atoms with Crippen LogP contribution in [0.1, 0.15) is 19.4 Å². The molecule has 0 atom stereocenters. The Morgan fingerprint density at radius 1 is 1.00 bits per heavy atom. The highest BCUT2D eigenvalue weighted by Gasteiger charge is 2.46. The molecule has 146 valence electrons. The second kappa shape index (κ2) is 8.06. The summed E-state index contributed by atoms with van der Waals surface area (Å²) < 4.78 is 16.4. The van der Waals surface area contributed by atoms with Crippen molar-refractivity contribution in [3.63, 3.8) is 0 Å². The van der Waals surface area contributed by atoms with E-state index in [2.05, 4.69) is 4.99 Å². The number of carbonyl (C=O) groups is 2. The molecule has 0 amide bonds. The standard InChI is InChI=1S/C21H21NO5S/c1-13-9-5-7-11-15(13)25-16-12-8-6-10-14(16)22-18(28-4)17-19(23)26-21(2,3)27-20(17)24/h5-12,17H,1-4H3. The Balaban J connectivity index is 1.95. The van der Waals surface area contributed by atoms with Gasteiger partial charge in [0, 0.05) is 13.8 Å². The zero-order valence-corrected chi connectivity index (χ0v) is 16.9. The van der Waals surface area contributed by atoms with Crippen LogP contribution in [0.2, 0.25) is 0 Å². The number of para-hydroxylation sites is 3. The highest BCUT2D eigenvalue weighted by atomic mass is 32.2. The van der Waals surface area contributed by atoms with Crippen LogP contribution in [0.15, 0.2) is 53.5 Å². The second-order valence-corrected chi connectivity index (χ2v) is 7.49. The number of aryl methyl sites for hydroxylation is 1. The Morgan fingerprint density at radius 3 is 2.18 bits per heavy atom. The Labute approximate surface area is 167 Å². The molecular weight excluding hydrogens is 378 g/mol. The van der Waals surface area contributed by atoms with Crippen molar-refractivity contribution >= 4 is 34.4 Å². The number of cyclic esters (lactones) is 2. The van der Waals surface area contributed by atoms with Gasteiger partial charge in [0.05, 0.1) is 5.04 Å². The molecule has 0 N–H and O–H groups in total. The number of thioether (sulfide) groups is 1. The molecule has 3 rings (SSSR count). The minimum atomic E-state index is -1.28. The molecule has 0 aromatic heterocycles. The minimum Gasteiger partial charge on any atom is -0.455 e. The van der Waals surface area contributed by atoms with E-state index in [9.17, 15) is 9.59 Å². The Morgan fingerprint density at radius 2 is 1.57 bits per heavy atom. The van der Waals surface area contributed by atoms with Crippen LogP contribution in [-0.4, -0.2) is 29.0 Å². The fraction of sp³-hybridized carbons (Fsp3) is 0.286. The average molecular weight is 399 g/mol. The average Bonchev–Trinajstić information content (AvgIpc) is 2.62. The largest absolute Gasteiger partial charge is 0.455 e. The second-order valence-electron chi connectivity index (χ2n) is 6.66. The van der Waals surface area contributed by atoms with E-state index in [4.69, 9.17) is 14.2 Å². The zero-order chi connectivity index (χ0) is 20.3. The number of ether oxygens (including phenoxy) is 3. The van der Waals surface area contributed by atoms with Crippen molar-refractivity contribution in [2.75, 3.05) is 6.26 Å². The topological polar surface area (TPSA) is 74.2 Å². The highest BCUT2D eigenvalue weighted by Crippen LogP contribution is 2.35. The van der Waals surface area contributed by atoms with Gasteiger partial charge in [0.25, 0.3) is 5.79 Å². The van der Waals surface area contributed by atoms with E-state index in [0.717, 1.165) is 5.56 Å². The molecule has 6 nitrogen and oxygen atoms in total. The first-order valence-electron chi connectivity index (χ1n) is 8.71. The predicted molar refractivity (Wildman–Crippen MR) is 108 cm³/mol. The maximum absolute atomic E-state index is 12.4. The van der Waals surface area contributed by atoms with E-state index in [1.165, 1.54) is 25.6 Å². The number of hydrogen-bond acceptors (Lipinski definition) is 7. The SMILES string of the molecule is CSC(=Nc1ccccc1Oc1ccccc1C)C1C(=O)OC(C)(C)OC1=O. The van der Waals surface area contributed by atoms with Gasteiger partial charge in [-0.25, -0.2) is 4.99 Å². The van der Waals surface area contributed by atoms with Gasteiger partial charge in [-0.15, -0.1) is 11.8 Å². The summed E-state index contributed by atoms with van der Waals surface area (Å²) in [7, 11) is 0. The summed E-state index contributed by atoms with van der Waals surface area (Å²) in [5.74, 6) is -2.62. The summed E-state index contributed by atoms with van der Waals surface area (Å²) in [5, 5.41) is 0.284. The molecule has 1 heterocycles. The van der Waals surface area contributed by atoms with Gasteiger partial charge >= 0.3 is 11.9 Å². The van der Waals surface area contributed by atoms with E-state index < -0.39 is 23.6 Å². The van der Waals surface area contributed by atoms with Gasteiger partial charge in [0.2, 0.25) is 5.92 Å². The van der Waals surface area contributed by atoms with Crippen LogP contribution in [0.5, 0.6) is 11.5 Å². The number of benzene rings is 2. The molecule has 1 aliphatic heterocycles. The molecule has 0 radical (unpaired) electrons. The zero-order valence-electron chi connectivity index (χ0n) is 16.1. The van der Waals surface area contributed by atoms with Crippen LogP contribution in [0.3, 0.4) is 0 Å². The van der Waals surface area contributed by atoms with E-state index in [1.807, 2.05) is 43.3 Å². The summed E-state index contributed by atoms with van der Waals surface area (Å²) in [6.45, 7) is 4.98. The third kappa shape index (κ3) is 4.36. The summed E-state index contributed by atoms with van der Waals surface area (Å²) >= 11 is 1.19. The monoisotopic (exact) mass is 399 g/mol. The molecule has 0 spiro atoms. The molecule has 1 fully saturated rings. The smallest absolute Gasteiger partial charge is 0.330 e. The highest BCUT2D eigenvalue weighted by molar-refractivity contribution is 8.13. The van der Waals surface area contributed by atoms with Crippen molar-refractivity contribution in [1.29, 1.82) is 0 Å². The summed E-state index contributed by atoms with van der Waals surface area (Å²) in [6, 6.07) is 14.8. The Bertz CT molecular complexity index is 918. The predicted octanol–water partition coefficient (Wildman–Crippen LogP) is 4.63. The molecule has 2 aromatic carbocycles. The van der Waals surface area contributed by atoms with Crippen LogP contribution < -0.4 is 4.74 Å². The third-order valence-electron chi connectivity index (χ3n) is 4.03. The molecule has 0 saturated carbocycles. The lowest BCUT2D eigenvalue weighted by atomic mass is 10.1. The number of esters is 2. The third-order valence-corrected chi connectivity index (χ3v) is 4.77. The van der Waals surface area contributed by atoms with Gasteiger partial charge in [-0.3, -0.25) is 9.59 Å². The summed E-state index contributed by atoms with van der Waals surface area (Å²) in [5.41, 5.74) is 1.48. The van der Waals surface area contributed by atoms with E-state index >= 15 is 0 Å². The van der Waals surface area contributed by atoms with Crippen LogP contribution >= 0.6 is 11.8 Å². The lowest BCUT2D eigenvalue weighted by Gasteiger charge is -2.32.